The van der Waals surface area contributed by atoms with E-state index in [0.717, 1.165) is 5.01 Å². The van der Waals surface area contributed by atoms with Gasteiger partial charge in [-0.05, 0) is 18.2 Å². The highest BCUT2D eigenvalue weighted by molar-refractivity contribution is 7.09. The molecule has 1 aromatic carbocycles. The Balaban J connectivity index is 2.14. The number of hydrogen-bond acceptors (Lipinski definition) is 4. The molecular formula is C11H11F2N3S. The fourth-order valence-electron chi connectivity index (χ4n) is 1.43. The van der Waals surface area contributed by atoms with Crippen LogP contribution in [0.25, 0.3) is 0 Å². The molecule has 0 amide bonds. The van der Waals surface area contributed by atoms with Crippen molar-refractivity contribution in [3.05, 3.63) is 40.3 Å². The lowest BCUT2D eigenvalue weighted by molar-refractivity contribution is 0.152. The summed E-state index contributed by atoms with van der Waals surface area (Å²) in [6.45, 7) is 0.432. The maximum Gasteiger partial charge on any atom is 0.265 e. The fraction of sp³-hybridized carbons (Fsp3) is 0.182. The molecule has 0 saturated heterocycles. The molecule has 0 saturated carbocycles. The second kappa shape index (κ2) is 5.09. The predicted octanol–water partition coefficient (Wildman–Crippen LogP) is 3.28. The molecule has 0 radical (unpaired) electrons. The smallest absolute Gasteiger partial charge is 0.265 e. The van der Waals surface area contributed by atoms with Crippen molar-refractivity contribution in [1.29, 1.82) is 0 Å². The summed E-state index contributed by atoms with van der Waals surface area (Å²) in [6.07, 6.45) is -0.865. The van der Waals surface area contributed by atoms with Gasteiger partial charge >= 0.3 is 0 Å². The highest BCUT2D eigenvalue weighted by atomic mass is 32.1. The van der Waals surface area contributed by atoms with Crippen molar-refractivity contribution >= 4 is 22.7 Å². The summed E-state index contributed by atoms with van der Waals surface area (Å²) in [5.74, 6) is 0. The second-order valence-corrected chi connectivity index (χ2v) is 4.41. The first kappa shape index (κ1) is 11.8. The molecule has 0 aliphatic heterocycles. The molecule has 0 bridgehead atoms. The monoisotopic (exact) mass is 255 g/mol. The van der Waals surface area contributed by atoms with Gasteiger partial charge in [-0.3, -0.25) is 0 Å². The number of nitrogens with zero attached hydrogens (tertiary/aromatic N) is 1. The number of aromatic nitrogens is 1. The molecule has 2 rings (SSSR count). The number of nitrogens with one attached hydrogen (secondary N) is 1. The standard InChI is InChI=1S/C11H11F2N3S/c12-11(13)8-5-7(14)1-2-9(8)16-6-10-15-3-4-17-10/h1-5,11,16H,6,14H2. The number of nitrogens with two attached hydrogens (primary N) is 1. The second-order valence-electron chi connectivity index (χ2n) is 3.43. The molecule has 6 heteroatoms. The van der Waals surface area contributed by atoms with Crippen LogP contribution in [-0.2, 0) is 6.54 Å². The molecule has 0 unspecified atom stereocenters. The maximum absolute atomic E-state index is 12.8. The SMILES string of the molecule is Nc1ccc(NCc2nccs2)c(C(F)F)c1. The lowest BCUT2D eigenvalue weighted by Gasteiger charge is -2.11. The van der Waals surface area contributed by atoms with E-state index in [1.807, 2.05) is 5.38 Å². The van der Waals surface area contributed by atoms with Crippen molar-refractivity contribution in [2.24, 2.45) is 0 Å². The summed E-state index contributed by atoms with van der Waals surface area (Å²) in [5.41, 5.74) is 6.13. The first-order chi connectivity index (χ1) is 8.16. The molecular weight excluding hydrogens is 244 g/mol. The van der Waals surface area contributed by atoms with Gasteiger partial charge in [0.2, 0.25) is 0 Å². The van der Waals surface area contributed by atoms with Gasteiger partial charge < -0.3 is 11.1 Å². The van der Waals surface area contributed by atoms with Crippen LogP contribution in [0.3, 0.4) is 0 Å². The third-order valence-corrected chi connectivity index (χ3v) is 3.00. The number of benzene rings is 1. The molecule has 2 aromatic rings. The third-order valence-electron chi connectivity index (χ3n) is 2.22. The normalized spacial score (nSPS) is 10.8. The molecule has 0 aliphatic carbocycles. The van der Waals surface area contributed by atoms with Crippen molar-refractivity contribution in [2.75, 3.05) is 11.1 Å². The highest BCUT2D eigenvalue weighted by Gasteiger charge is 2.13. The summed E-state index contributed by atoms with van der Waals surface area (Å²) >= 11 is 1.47. The molecule has 1 aromatic heterocycles. The topological polar surface area (TPSA) is 50.9 Å². The van der Waals surface area contributed by atoms with Gasteiger partial charge in [0, 0.05) is 28.5 Å². The Morgan fingerprint density at radius 1 is 1.41 bits per heavy atom. The van der Waals surface area contributed by atoms with Crippen molar-refractivity contribution in [2.45, 2.75) is 13.0 Å². The summed E-state index contributed by atoms with van der Waals surface area (Å²) in [6, 6.07) is 4.44. The van der Waals surface area contributed by atoms with E-state index in [1.54, 1.807) is 18.3 Å². The molecule has 1 heterocycles. The molecule has 0 aliphatic rings. The van der Waals surface area contributed by atoms with E-state index >= 15 is 0 Å². The van der Waals surface area contributed by atoms with Crippen LogP contribution in [0.4, 0.5) is 20.2 Å². The Bertz CT molecular complexity index is 485. The van der Waals surface area contributed by atoms with Crippen LogP contribution in [0.2, 0.25) is 0 Å². The van der Waals surface area contributed by atoms with Gasteiger partial charge in [-0.15, -0.1) is 11.3 Å². The minimum Gasteiger partial charge on any atom is -0.399 e. The summed E-state index contributed by atoms with van der Waals surface area (Å²) in [7, 11) is 0. The summed E-state index contributed by atoms with van der Waals surface area (Å²) in [5, 5.41) is 5.63. The third kappa shape index (κ3) is 2.91. The summed E-state index contributed by atoms with van der Waals surface area (Å²) in [4.78, 5) is 4.07. The van der Waals surface area contributed by atoms with E-state index in [4.69, 9.17) is 5.73 Å². The quantitative estimate of drug-likeness (QED) is 0.824. The molecule has 0 spiro atoms. The van der Waals surface area contributed by atoms with Crippen LogP contribution in [0.15, 0.2) is 29.8 Å². The van der Waals surface area contributed by atoms with Crippen molar-refractivity contribution in [1.82, 2.24) is 4.98 Å². The van der Waals surface area contributed by atoms with Crippen molar-refractivity contribution in [3.8, 4) is 0 Å². The number of halogens is 2. The lowest BCUT2D eigenvalue weighted by Crippen LogP contribution is -2.03. The van der Waals surface area contributed by atoms with Crippen LogP contribution in [0.1, 0.15) is 17.0 Å². The van der Waals surface area contributed by atoms with Gasteiger partial charge in [0.05, 0.1) is 6.54 Å². The van der Waals surface area contributed by atoms with E-state index < -0.39 is 6.43 Å². The maximum atomic E-state index is 12.8. The number of alkyl halides is 2. The van der Waals surface area contributed by atoms with E-state index in [-0.39, 0.29) is 5.56 Å². The van der Waals surface area contributed by atoms with E-state index in [1.165, 1.54) is 17.4 Å². The van der Waals surface area contributed by atoms with Crippen LogP contribution in [0.5, 0.6) is 0 Å². The summed E-state index contributed by atoms with van der Waals surface area (Å²) < 4.78 is 25.5. The van der Waals surface area contributed by atoms with E-state index in [9.17, 15) is 8.78 Å². The Morgan fingerprint density at radius 2 is 2.24 bits per heavy atom. The van der Waals surface area contributed by atoms with Crippen molar-refractivity contribution < 1.29 is 8.78 Å². The molecule has 90 valence electrons. The number of anilines is 2. The highest BCUT2D eigenvalue weighted by Crippen LogP contribution is 2.29. The Labute approximate surface area is 101 Å². The van der Waals surface area contributed by atoms with Gasteiger partial charge in [0.25, 0.3) is 6.43 Å². The predicted molar refractivity (Wildman–Crippen MR) is 65.3 cm³/mol. The van der Waals surface area contributed by atoms with Gasteiger partial charge in [-0.1, -0.05) is 0 Å². The zero-order chi connectivity index (χ0) is 12.3. The van der Waals surface area contributed by atoms with Gasteiger partial charge in [-0.25, -0.2) is 13.8 Å². The zero-order valence-corrected chi connectivity index (χ0v) is 9.68. The minimum absolute atomic E-state index is 0.0819. The van der Waals surface area contributed by atoms with Crippen LogP contribution in [0, 0.1) is 0 Å². The number of rotatable bonds is 4. The molecule has 0 fully saturated rings. The van der Waals surface area contributed by atoms with Gasteiger partial charge in [-0.2, -0.15) is 0 Å². The minimum atomic E-state index is -2.54. The van der Waals surface area contributed by atoms with Gasteiger partial charge in [0.1, 0.15) is 5.01 Å². The average Bonchev–Trinajstić information content (AvgIpc) is 2.80. The van der Waals surface area contributed by atoms with Crippen LogP contribution in [-0.4, -0.2) is 4.98 Å². The van der Waals surface area contributed by atoms with E-state index in [0.29, 0.717) is 17.9 Å². The fourth-order valence-corrected chi connectivity index (χ4v) is 1.99. The zero-order valence-electron chi connectivity index (χ0n) is 8.86. The number of hydrogen-bond donors (Lipinski definition) is 2. The lowest BCUT2D eigenvalue weighted by atomic mass is 10.1. The Hall–Kier alpha value is -1.69. The van der Waals surface area contributed by atoms with Crippen LogP contribution < -0.4 is 11.1 Å². The van der Waals surface area contributed by atoms with Gasteiger partial charge in [0.15, 0.2) is 0 Å². The Kier molecular flexibility index (Phi) is 3.53. The molecule has 0 atom stereocenters. The number of thiazole rings is 1. The molecule has 3 nitrogen and oxygen atoms in total. The molecule has 3 N–H and O–H groups in total. The average molecular weight is 255 g/mol. The van der Waals surface area contributed by atoms with Crippen molar-refractivity contribution in [3.63, 3.8) is 0 Å². The first-order valence-corrected chi connectivity index (χ1v) is 5.84. The van der Waals surface area contributed by atoms with E-state index in [2.05, 4.69) is 10.3 Å². The first-order valence-electron chi connectivity index (χ1n) is 4.96. The number of nitrogen functional groups attached to an aromatic ring is 1. The Morgan fingerprint density at radius 3 is 2.88 bits per heavy atom. The molecule has 17 heavy (non-hydrogen) atoms. The van der Waals surface area contributed by atoms with Crippen LogP contribution >= 0.6 is 11.3 Å². The largest absolute Gasteiger partial charge is 0.399 e.